The van der Waals surface area contributed by atoms with Crippen molar-refractivity contribution < 1.29 is 19.4 Å². The summed E-state index contributed by atoms with van der Waals surface area (Å²) in [6.45, 7) is 0. The van der Waals surface area contributed by atoms with Crippen LogP contribution in [0.2, 0.25) is 5.02 Å². The van der Waals surface area contributed by atoms with Crippen LogP contribution in [0.15, 0.2) is 62.4 Å². The summed E-state index contributed by atoms with van der Waals surface area (Å²) in [6, 6.07) is 13.3. The van der Waals surface area contributed by atoms with Gasteiger partial charge in [-0.25, -0.2) is 4.98 Å². The molecule has 6 nitrogen and oxygen atoms in total. The molecule has 4 rings (SSSR count). The van der Waals surface area contributed by atoms with Crippen LogP contribution in [0.25, 0.3) is 22.6 Å². The number of hydrogen-bond acceptors (Lipinski definition) is 6. The number of aliphatic imine (C=N–C) groups is 1. The summed E-state index contributed by atoms with van der Waals surface area (Å²) < 4.78 is 11.6. The lowest BCUT2D eigenvalue weighted by Gasteiger charge is -2.07. The fraction of sp³-hybridized carbons (Fsp3) is 0.0476. The molecule has 3 aromatic carbocycles. The Kier molecular flexibility index (Phi) is 5.17. The minimum atomic E-state index is -0.0192. The van der Waals surface area contributed by atoms with Crippen LogP contribution in [0.5, 0.6) is 17.2 Å². The van der Waals surface area contributed by atoms with Crippen molar-refractivity contribution >= 4 is 50.5 Å². The third-order valence-electron chi connectivity index (χ3n) is 4.20. The number of halogens is 2. The molecule has 1 heterocycles. The Morgan fingerprint density at radius 3 is 2.76 bits per heavy atom. The molecule has 0 atom stereocenters. The van der Waals surface area contributed by atoms with Gasteiger partial charge >= 0.3 is 0 Å². The van der Waals surface area contributed by atoms with E-state index in [1.54, 1.807) is 42.5 Å². The molecule has 0 radical (unpaired) electrons. The second-order valence-corrected chi connectivity index (χ2v) is 7.49. The maximum Gasteiger partial charge on any atom is 0.231 e. The van der Waals surface area contributed by atoms with E-state index in [0.717, 1.165) is 4.47 Å². The number of ether oxygens (including phenoxy) is 1. The Labute approximate surface area is 179 Å². The molecule has 0 aliphatic rings. The summed E-state index contributed by atoms with van der Waals surface area (Å²) >= 11 is 9.36. The molecular weight excluding hydrogens is 460 g/mol. The lowest BCUT2D eigenvalue weighted by atomic mass is 10.1. The summed E-state index contributed by atoms with van der Waals surface area (Å²) in [6.07, 6.45) is 1.50. The lowest BCUT2D eigenvalue weighted by Crippen LogP contribution is -1.89. The minimum absolute atomic E-state index is 0.00794. The molecule has 0 aliphatic carbocycles. The van der Waals surface area contributed by atoms with Gasteiger partial charge in [0, 0.05) is 21.3 Å². The Morgan fingerprint density at radius 1 is 1.14 bits per heavy atom. The quantitative estimate of drug-likeness (QED) is 0.351. The number of fused-ring (bicyclic) bond motifs is 1. The van der Waals surface area contributed by atoms with E-state index < -0.39 is 0 Å². The van der Waals surface area contributed by atoms with E-state index in [0.29, 0.717) is 38.7 Å². The predicted molar refractivity (Wildman–Crippen MR) is 116 cm³/mol. The fourth-order valence-corrected chi connectivity index (χ4v) is 3.40. The van der Waals surface area contributed by atoms with Gasteiger partial charge in [0.05, 0.1) is 18.4 Å². The zero-order valence-electron chi connectivity index (χ0n) is 15.1. The number of benzene rings is 3. The minimum Gasteiger partial charge on any atom is -0.507 e. The molecule has 146 valence electrons. The number of phenols is 2. The average Bonchev–Trinajstić information content (AvgIpc) is 3.12. The van der Waals surface area contributed by atoms with Gasteiger partial charge in [0.25, 0.3) is 0 Å². The Hall–Kier alpha value is -3.03. The van der Waals surface area contributed by atoms with Crippen LogP contribution in [0.4, 0.5) is 5.69 Å². The Balaban J connectivity index is 1.72. The van der Waals surface area contributed by atoms with Gasteiger partial charge in [-0.05, 0) is 48.5 Å². The highest BCUT2D eigenvalue weighted by Crippen LogP contribution is 2.36. The number of aromatic hydroxyl groups is 2. The number of hydrogen-bond donors (Lipinski definition) is 2. The van der Waals surface area contributed by atoms with Gasteiger partial charge in [0.1, 0.15) is 11.3 Å². The van der Waals surface area contributed by atoms with Crippen molar-refractivity contribution in [3.05, 3.63) is 63.6 Å². The van der Waals surface area contributed by atoms with Crippen LogP contribution in [0, 0.1) is 0 Å². The van der Waals surface area contributed by atoms with E-state index in [1.165, 1.54) is 19.4 Å². The van der Waals surface area contributed by atoms with Gasteiger partial charge in [-0.1, -0.05) is 27.5 Å². The molecule has 0 bridgehead atoms. The van der Waals surface area contributed by atoms with E-state index in [1.807, 2.05) is 0 Å². The molecular formula is C21H14BrClN2O4. The summed E-state index contributed by atoms with van der Waals surface area (Å²) in [5.41, 5.74) is 2.55. The van der Waals surface area contributed by atoms with E-state index in [-0.39, 0.29) is 17.4 Å². The van der Waals surface area contributed by atoms with Crippen molar-refractivity contribution in [1.29, 1.82) is 0 Å². The summed E-state index contributed by atoms with van der Waals surface area (Å²) in [7, 11) is 1.47. The molecule has 1 aromatic heterocycles. The van der Waals surface area contributed by atoms with Gasteiger partial charge in [0.2, 0.25) is 5.89 Å². The van der Waals surface area contributed by atoms with Crippen LogP contribution in [0.3, 0.4) is 0 Å². The van der Waals surface area contributed by atoms with Gasteiger partial charge in [-0.15, -0.1) is 0 Å². The number of aromatic nitrogens is 1. The normalized spacial score (nSPS) is 11.4. The highest BCUT2D eigenvalue weighted by atomic mass is 79.9. The zero-order valence-corrected chi connectivity index (χ0v) is 17.4. The highest BCUT2D eigenvalue weighted by molar-refractivity contribution is 9.10. The highest BCUT2D eigenvalue weighted by Gasteiger charge is 2.14. The number of nitrogens with zero attached hydrogens (tertiary/aromatic N) is 2. The van der Waals surface area contributed by atoms with Crippen molar-refractivity contribution in [2.75, 3.05) is 7.11 Å². The molecule has 2 N–H and O–H groups in total. The van der Waals surface area contributed by atoms with Crippen molar-refractivity contribution in [2.45, 2.75) is 0 Å². The first-order valence-electron chi connectivity index (χ1n) is 8.44. The Morgan fingerprint density at radius 2 is 1.97 bits per heavy atom. The molecule has 0 aliphatic heterocycles. The number of oxazole rings is 1. The SMILES string of the molecule is COc1cc(Br)cc(C=Nc2ccc(O)c(-c3nc4cc(Cl)ccc4o3)c2)c1O. The molecule has 29 heavy (non-hydrogen) atoms. The van der Waals surface area contributed by atoms with Crippen molar-refractivity contribution in [2.24, 2.45) is 4.99 Å². The topological polar surface area (TPSA) is 88.1 Å². The first-order valence-corrected chi connectivity index (χ1v) is 9.62. The van der Waals surface area contributed by atoms with Crippen LogP contribution in [-0.2, 0) is 0 Å². The maximum absolute atomic E-state index is 10.3. The van der Waals surface area contributed by atoms with Gasteiger partial charge in [-0.2, -0.15) is 0 Å². The standard InChI is InChI=1S/C21H14BrClN2O4/c1-28-19-7-12(22)6-11(20(19)27)10-24-14-3-4-17(26)15(9-14)21-25-16-8-13(23)2-5-18(16)29-21/h2-10,26-27H,1H3. The van der Waals surface area contributed by atoms with Gasteiger partial charge < -0.3 is 19.4 Å². The van der Waals surface area contributed by atoms with E-state index >= 15 is 0 Å². The number of methoxy groups -OCH3 is 1. The molecule has 0 fully saturated rings. The third-order valence-corrected chi connectivity index (χ3v) is 4.89. The van der Waals surface area contributed by atoms with Gasteiger partial charge in [-0.3, -0.25) is 4.99 Å². The van der Waals surface area contributed by atoms with Crippen molar-refractivity contribution in [3.8, 4) is 28.7 Å². The summed E-state index contributed by atoms with van der Waals surface area (Å²) in [5, 5.41) is 21.1. The average molecular weight is 474 g/mol. The van der Waals surface area contributed by atoms with Crippen LogP contribution in [-0.4, -0.2) is 28.5 Å². The first kappa shape index (κ1) is 19.3. The molecule has 0 amide bonds. The fourth-order valence-electron chi connectivity index (χ4n) is 2.78. The van der Waals surface area contributed by atoms with Gasteiger partial charge in [0.15, 0.2) is 17.1 Å². The van der Waals surface area contributed by atoms with Crippen molar-refractivity contribution in [3.63, 3.8) is 0 Å². The number of rotatable bonds is 4. The van der Waals surface area contributed by atoms with E-state index in [2.05, 4.69) is 25.9 Å². The van der Waals surface area contributed by atoms with Crippen LogP contribution in [0.1, 0.15) is 5.56 Å². The monoisotopic (exact) mass is 472 g/mol. The maximum atomic E-state index is 10.3. The second kappa shape index (κ2) is 7.77. The third kappa shape index (κ3) is 3.92. The molecule has 4 aromatic rings. The van der Waals surface area contributed by atoms with E-state index in [4.69, 9.17) is 20.8 Å². The van der Waals surface area contributed by atoms with Crippen LogP contribution < -0.4 is 4.74 Å². The molecule has 0 unspecified atom stereocenters. The Bertz CT molecular complexity index is 1250. The molecule has 0 spiro atoms. The number of phenolic OH excluding ortho intramolecular Hbond substituents is 2. The second-order valence-electron chi connectivity index (χ2n) is 6.14. The first-order chi connectivity index (χ1) is 13.9. The van der Waals surface area contributed by atoms with Crippen molar-refractivity contribution in [1.82, 2.24) is 4.98 Å². The largest absolute Gasteiger partial charge is 0.507 e. The predicted octanol–water partition coefficient (Wildman–Crippen LogP) is 6.08. The van der Waals surface area contributed by atoms with E-state index in [9.17, 15) is 10.2 Å². The molecule has 0 saturated heterocycles. The zero-order chi connectivity index (χ0) is 20.5. The summed E-state index contributed by atoms with van der Waals surface area (Å²) in [4.78, 5) is 8.77. The smallest absolute Gasteiger partial charge is 0.231 e. The van der Waals surface area contributed by atoms with Crippen LogP contribution >= 0.6 is 27.5 Å². The molecule has 8 heteroatoms. The summed E-state index contributed by atoms with van der Waals surface area (Å²) in [5.74, 6) is 0.573. The molecule has 0 saturated carbocycles. The lowest BCUT2D eigenvalue weighted by molar-refractivity contribution is 0.373.